The Kier molecular flexibility index (Phi) is 6.97. The van der Waals surface area contributed by atoms with Gasteiger partial charge < -0.3 is 9.64 Å². The molecular weight excluding hydrogens is 412 g/mol. The summed E-state index contributed by atoms with van der Waals surface area (Å²) >= 11 is 0. The Balaban J connectivity index is 1.93. The molecule has 6 nitrogen and oxygen atoms in total. The highest BCUT2D eigenvalue weighted by molar-refractivity contribution is 7.92. The van der Waals surface area contributed by atoms with Crippen molar-refractivity contribution in [3.05, 3.63) is 90.0 Å². The normalized spacial score (nSPS) is 11.1. The van der Waals surface area contributed by atoms with E-state index < -0.39 is 10.0 Å². The molecule has 1 amide bonds. The molecule has 0 aromatic heterocycles. The number of rotatable bonds is 8. The number of ether oxygens (including phenoxy) is 1. The van der Waals surface area contributed by atoms with Gasteiger partial charge >= 0.3 is 0 Å². The van der Waals surface area contributed by atoms with Gasteiger partial charge in [-0.1, -0.05) is 60.2 Å². The van der Waals surface area contributed by atoms with Gasteiger partial charge in [-0.15, -0.1) is 0 Å². The number of likely N-dealkylation sites (N-methyl/N-ethyl adjacent to an activating group) is 1. The molecule has 0 radical (unpaired) electrons. The van der Waals surface area contributed by atoms with Crippen LogP contribution in [-0.4, -0.2) is 39.9 Å². The Morgan fingerprint density at radius 1 is 0.903 bits per heavy atom. The molecule has 0 bridgehead atoms. The Bertz CT molecular complexity index is 1130. The standard InChI is InChI=1S/C24H26N2O4S/c1-19-13-15-20(16-14-19)17-25(2)24(27)18-26(22-11-7-8-12-23(22)30-3)31(28,29)21-9-5-4-6-10-21/h4-16H,17-18H2,1-3H3. The van der Waals surface area contributed by atoms with Crippen molar-refractivity contribution in [1.82, 2.24) is 4.90 Å². The van der Waals surface area contributed by atoms with E-state index in [-0.39, 0.29) is 17.3 Å². The van der Waals surface area contributed by atoms with Gasteiger partial charge in [0.1, 0.15) is 12.3 Å². The fourth-order valence-electron chi connectivity index (χ4n) is 3.15. The summed E-state index contributed by atoms with van der Waals surface area (Å²) in [5, 5.41) is 0. The maximum Gasteiger partial charge on any atom is 0.264 e. The smallest absolute Gasteiger partial charge is 0.264 e. The van der Waals surface area contributed by atoms with E-state index in [2.05, 4.69) is 0 Å². The number of methoxy groups -OCH3 is 1. The van der Waals surface area contributed by atoms with E-state index in [1.165, 1.54) is 24.1 Å². The first-order chi connectivity index (χ1) is 14.8. The number of para-hydroxylation sites is 2. The second-order valence-corrected chi connectivity index (χ2v) is 9.09. The summed E-state index contributed by atoms with van der Waals surface area (Å²) in [7, 11) is -0.854. The molecule has 3 aromatic carbocycles. The Labute approximate surface area is 183 Å². The van der Waals surface area contributed by atoms with Crippen LogP contribution in [0.5, 0.6) is 5.75 Å². The number of hydrogen-bond acceptors (Lipinski definition) is 4. The molecule has 0 unspecified atom stereocenters. The van der Waals surface area contributed by atoms with Crippen LogP contribution in [0.1, 0.15) is 11.1 Å². The SMILES string of the molecule is COc1ccccc1N(CC(=O)N(C)Cc1ccc(C)cc1)S(=O)(=O)c1ccccc1. The maximum atomic E-state index is 13.5. The van der Waals surface area contributed by atoms with Crippen LogP contribution < -0.4 is 9.04 Å². The number of carbonyl (C=O) groups is 1. The van der Waals surface area contributed by atoms with Crippen molar-refractivity contribution >= 4 is 21.6 Å². The number of benzene rings is 3. The first-order valence-electron chi connectivity index (χ1n) is 9.83. The minimum absolute atomic E-state index is 0.106. The van der Waals surface area contributed by atoms with Crippen molar-refractivity contribution in [3.8, 4) is 5.75 Å². The van der Waals surface area contributed by atoms with Crippen LogP contribution in [0.25, 0.3) is 0 Å². The summed E-state index contributed by atoms with van der Waals surface area (Å²) in [6.07, 6.45) is 0. The molecule has 0 heterocycles. The van der Waals surface area contributed by atoms with Gasteiger partial charge in [0.05, 0.1) is 17.7 Å². The number of hydrogen-bond donors (Lipinski definition) is 0. The molecule has 31 heavy (non-hydrogen) atoms. The average Bonchev–Trinajstić information content (AvgIpc) is 2.79. The average molecular weight is 439 g/mol. The highest BCUT2D eigenvalue weighted by Crippen LogP contribution is 2.32. The third-order valence-electron chi connectivity index (χ3n) is 4.93. The summed E-state index contributed by atoms with van der Waals surface area (Å²) in [5.41, 5.74) is 2.41. The fraction of sp³-hybridized carbons (Fsp3) is 0.208. The Morgan fingerprint density at radius 2 is 1.52 bits per heavy atom. The van der Waals surface area contributed by atoms with Gasteiger partial charge in [0.15, 0.2) is 0 Å². The molecule has 0 aliphatic rings. The molecule has 0 N–H and O–H groups in total. The van der Waals surface area contributed by atoms with Crippen LogP contribution in [0.2, 0.25) is 0 Å². The van der Waals surface area contributed by atoms with Crippen LogP contribution in [0.4, 0.5) is 5.69 Å². The van der Waals surface area contributed by atoms with Crippen molar-refractivity contribution in [3.63, 3.8) is 0 Å². The minimum Gasteiger partial charge on any atom is -0.495 e. The molecule has 0 spiro atoms. The monoisotopic (exact) mass is 438 g/mol. The number of aryl methyl sites for hydroxylation is 1. The van der Waals surface area contributed by atoms with E-state index >= 15 is 0 Å². The zero-order valence-corrected chi connectivity index (χ0v) is 18.7. The highest BCUT2D eigenvalue weighted by Gasteiger charge is 2.30. The summed E-state index contributed by atoms with van der Waals surface area (Å²) in [6.45, 7) is 2.03. The zero-order chi connectivity index (χ0) is 22.4. The largest absolute Gasteiger partial charge is 0.495 e. The van der Waals surface area contributed by atoms with Gasteiger partial charge in [-0.05, 0) is 36.8 Å². The number of nitrogens with zero attached hydrogens (tertiary/aromatic N) is 2. The van der Waals surface area contributed by atoms with Crippen molar-refractivity contribution in [1.29, 1.82) is 0 Å². The molecule has 0 aliphatic carbocycles. The quantitative estimate of drug-likeness (QED) is 0.536. The maximum absolute atomic E-state index is 13.5. The third kappa shape index (κ3) is 5.24. The topological polar surface area (TPSA) is 66.9 Å². The van der Waals surface area contributed by atoms with E-state index in [9.17, 15) is 13.2 Å². The van der Waals surface area contributed by atoms with Crippen molar-refractivity contribution < 1.29 is 17.9 Å². The lowest BCUT2D eigenvalue weighted by atomic mass is 10.1. The summed E-state index contributed by atoms with van der Waals surface area (Å²) in [4.78, 5) is 14.7. The van der Waals surface area contributed by atoms with Gasteiger partial charge in [-0.25, -0.2) is 8.42 Å². The van der Waals surface area contributed by atoms with E-state index in [4.69, 9.17) is 4.74 Å². The van der Waals surface area contributed by atoms with E-state index in [1.54, 1.807) is 49.5 Å². The van der Waals surface area contributed by atoms with Crippen molar-refractivity contribution in [2.45, 2.75) is 18.4 Å². The van der Waals surface area contributed by atoms with Gasteiger partial charge in [0.25, 0.3) is 10.0 Å². The van der Waals surface area contributed by atoms with Gasteiger partial charge in [-0.3, -0.25) is 9.10 Å². The van der Waals surface area contributed by atoms with Gasteiger partial charge in [-0.2, -0.15) is 0 Å². The molecule has 162 valence electrons. The summed E-state index contributed by atoms with van der Waals surface area (Å²) in [6, 6.07) is 22.7. The molecule has 3 aromatic rings. The molecule has 7 heteroatoms. The lowest BCUT2D eigenvalue weighted by molar-refractivity contribution is -0.128. The molecule has 0 atom stereocenters. The molecule has 0 saturated carbocycles. The number of amides is 1. The van der Waals surface area contributed by atoms with Crippen LogP contribution in [0.3, 0.4) is 0 Å². The molecule has 0 aliphatic heterocycles. The first-order valence-corrected chi connectivity index (χ1v) is 11.3. The van der Waals surface area contributed by atoms with Crippen molar-refractivity contribution in [2.24, 2.45) is 0 Å². The number of carbonyl (C=O) groups excluding carboxylic acids is 1. The number of sulfonamides is 1. The van der Waals surface area contributed by atoms with Crippen LogP contribution >= 0.6 is 0 Å². The molecule has 3 rings (SSSR count). The minimum atomic E-state index is -3.99. The lowest BCUT2D eigenvalue weighted by Gasteiger charge is -2.27. The van der Waals surface area contributed by atoms with Crippen LogP contribution in [0, 0.1) is 6.92 Å². The predicted molar refractivity (Wildman–Crippen MR) is 122 cm³/mol. The van der Waals surface area contributed by atoms with Gasteiger partial charge in [0, 0.05) is 13.6 Å². The Morgan fingerprint density at radius 3 is 2.16 bits per heavy atom. The van der Waals surface area contributed by atoms with Gasteiger partial charge in [0.2, 0.25) is 5.91 Å². The zero-order valence-electron chi connectivity index (χ0n) is 17.9. The second kappa shape index (κ2) is 9.66. The number of anilines is 1. The predicted octanol–water partition coefficient (Wildman–Crippen LogP) is 3.86. The lowest BCUT2D eigenvalue weighted by Crippen LogP contribution is -2.41. The molecule has 0 fully saturated rings. The van der Waals surface area contributed by atoms with Crippen molar-refractivity contribution in [2.75, 3.05) is 25.0 Å². The molecular formula is C24H26N2O4S. The van der Waals surface area contributed by atoms with E-state index in [1.807, 2.05) is 31.2 Å². The van der Waals surface area contributed by atoms with E-state index in [0.29, 0.717) is 18.0 Å². The van der Waals surface area contributed by atoms with E-state index in [0.717, 1.165) is 15.4 Å². The summed E-state index contributed by atoms with van der Waals surface area (Å²) in [5.74, 6) is 0.0435. The molecule has 0 saturated heterocycles. The highest BCUT2D eigenvalue weighted by atomic mass is 32.2. The van der Waals surface area contributed by atoms with Crippen LogP contribution in [-0.2, 0) is 21.4 Å². The summed E-state index contributed by atoms with van der Waals surface area (Å²) < 4.78 is 33.4. The Hall–Kier alpha value is -3.32. The fourth-order valence-corrected chi connectivity index (χ4v) is 4.60. The first kappa shape index (κ1) is 22.4. The van der Waals surface area contributed by atoms with Crippen LogP contribution in [0.15, 0.2) is 83.8 Å². The second-order valence-electron chi connectivity index (χ2n) is 7.23. The third-order valence-corrected chi connectivity index (χ3v) is 6.70.